The number of aryl methyl sites for hydroxylation is 1. The lowest BCUT2D eigenvalue weighted by molar-refractivity contribution is 0.0961. The number of nitrogens with one attached hydrogen (secondary N) is 1. The van der Waals surface area contributed by atoms with E-state index < -0.39 is 0 Å². The average molecular weight is 408 g/mol. The maximum Gasteiger partial charge on any atom is 0.225 e. The number of hydrogen-bond donors (Lipinski definition) is 1. The third-order valence-electron chi connectivity index (χ3n) is 6.78. The van der Waals surface area contributed by atoms with Gasteiger partial charge >= 0.3 is 0 Å². The molecule has 30 heavy (non-hydrogen) atoms. The molecule has 0 aromatic carbocycles. The predicted octanol–water partition coefficient (Wildman–Crippen LogP) is 3.65. The number of Topliss-reactive ketones (excluding diaryl/α,β-unsaturated/α-hetero) is 1. The highest BCUT2D eigenvalue weighted by Crippen LogP contribution is 2.41. The van der Waals surface area contributed by atoms with Crippen LogP contribution in [0, 0.1) is 5.92 Å². The van der Waals surface area contributed by atoms with Gasteiger partial charge in [0.1, 0.15) is 11.6 Å². The Hall–Kier alpha value is -2.70. The Balaban J connectivity index is 1.11. The van der Waals surface area contributed by atoms with Gasteiger partial charge in [-0.25, -0.2) is 15.0 Å². The maximum atomic E-state index is 11.6. The van der Waals surface area contributed by atoms with Gasteiger partial charge in [-0.2, -0.15) is 0 Å². The summed E-state index contributed by atoms with van der Waals surface area (Å²) in [5, 5.41) is 3.38. The van der Waals surface area contributed by atoms with E-state index in [-0.39, 0.29) is 12.4 Å². The van der Waals surface area contributed by atoms with Crippen LogP contribution in [0.3, 0.4) is 0 Å². The van der Waals surface area contributed by atoms with Crippen molar-refractivity contribution in [1.82, 2.24) is 15.0 Å². The molecule has 7 heteroatoms. The molecule has 2 saturated heterocycles. The lowest BCUT2D eigenvalue weighted by Gasteiger charge is -2.39. The zero-order chi connectivity index (χ0) is 20.5. The van der Waals surface area contributed by atoms with E-state index in [4.69, 9.17) is 4.74 Å². The third-order valence-corrected chi connectivity index (χ3v) is 6.78. The number of anilines is 2. The Labute approximate surface area is 177 Å². The van der Waals surface area contributed by atoms with Crippen molar-refractivity contribution in [2.75, 3.05) is 23.4 Å². The zero-order valence-corrected chi connectivity index (χ0v) is 17.5. The van der Waals surface area contributed by atoms with Gasteiger partial charge < -0.3 is 15.0 Å². The topological polar surface area (TPSA) is 80.2 Å². The minimum Gasteiger partial charge on any atom is -0.484 e. The number of ketones is 1. The molecule has 1 N–H and O–H groups in total. The summed E-state index contributed by atoms with van der Waals surface area (Å²) in [6.07, 6.45) is 13.9. The van der Waals surface area contributed by atoms with Crippen molar-refractivity contribution in [3.05, 3.63) is 35.8 Å². The normalized spacial score (nSPS) is 24.6. The number of carbonyl (C=O) groups excluding carboxylic acids is 1. The van der Waals surface area contributed by atoms with Crippen LogP contribution in [-0.4, -0.2) is 46.0 Å². The lowest BCUT2D eigenvalue weighted by Crippen LogP contribution is -2.44. The van der Waals surface area contributed by atoms with Crippen LogP contribution in [0.25, 0.3) is 0 Å². The molecule has 0 spiro atoms. The van der Waals surface area contributed by atoms with E-state index in [0.29, 0.717) is 23.4 Å². The Kier molecular flexibility index (Phi) is 5.27. The summed E-state index contributed by atoms with van der Waals surface area (Å²) in [7, 11) is 0. The molecule has 158 valence electrons. The summed E-state index contributed by atoms with van der Waals surface area (Å²) in [6.45, 7) is 3.16. The Morgan fingerprint density at radius 1 is 1.13 bits per heavy atom. The maximum absolute atomic E-state index is 11.6. The number of carbonyl (C=O) groups is 1. The molecule has 3 aliphatic heterocycles. The van der Waals surface area contributed by atoms with Crippen molar-refractivity contribution in [3.8, 4) is 5.75 Å². The molecule has 0 amide bonds. The summed E-state index contributed by atoms with van der Waals surface area (Å²) in [5.74, 6) is 3.13. The van der Waals surface area contributed by atoms with Crippen LogP contribution in [0.4, 0.5) is 11.8 Å². The lowest BCUT2D eigenvalue weighted by atomic mass is 9.87. The minimum absolute atomic E-state index is 0.0109. The third kappa shape index (κ3) is 3.73. The first-order valence-corrected chi connectivity index (χ1v) is 11.2. The molecule has 7 nitrogen and oxygen atoms in total. The van der Waals surface area contributed by atoms with E-state index in [1.54, 1.807) is 6.20 Å². The fraction of sp³-hybridized carbons (Fsp3) is 0.565. The molecule has 1 unspecified atom stereocenters. The number of pyridine rings is 1. The van der Waals surface area contributed by atoms with Crippen molar-refractivity contribution < 1.29 is 9.53 Å². The second-order valence-electron chi connectivity index (χ2n) is 8.72. The second-order valence-corrected chi connectivity index (χ2v) is 8.72. The summed E-state index contributed by atoms with van der Waals surface area (Å²) in [6, 6.07) is 3.01. The average Bonchev–Trinajstić information content (AvgIpc) is 3.27. The fourth-order valence-electron chi connectivity index (χ4n) is 5.21. The number of ether oxygens (including phenoxy) is 1. The van der Waals surface area contributed by atoms with Crippen LogP contribution in [0.1, 0.15) is 61.4 Å². The summed E-state index contributed by atoms with van der Waals surface area (Å²) in [5.41, 5.74) is 1.79. The Morgan fingerprint density at radius 3 is 2.63 bits per heavy atom. The van der Waals surface area contributed by atoms with E-state index in [0.717, 1.165) is 37.1 Å². The van der Waals surface area contributed by atoms with Gasteiger partial charge in [-0.1, -0.05) is 6.92 Å². The molecule has 2 fully saturated rings. The van der Waals surface area contributed by atoms with Gasteiger partial charge in [-0.05, 0) is 56.4 Å². The number of aromatic nitrogens is 3. The van der Waals surface area contributed by atoms with E-state index in [1.807, 2.05) is 18.5 Å². The van der Waals surface area contributed by atoms with Gasteiger partial charge in [0.15, 0.2) is 6.61 Å². The molecular weight excluding hydrogens is 378 g/mol. The first-order valence-electron chi connectivity index (χ1n) is 11.2. The van der Waals surface area contributed by atoms with Gasteiger partial charge in [-0.15, -0.1) is 0 Å². The largest absolute Gasteiger partial charge is 0.484 e. The van der Waals surface area contributed by atoms with E-state index >= 15 is 0 Å². The molecule has 3 atom stereocenters. The van der Waals surface area contributed by atoms with Crippen molar-refractivity contribution in [3.63, 3.8) is 0 Å². The number of piperidine rings is 1. The van der Waals surface area contributed by atoms with Crippen molar-refractivity contribution in [1.29, 1.82) is 0 Å². The molecule has 2 bridgehead atoms. The van der Waals surface area contributed by atoms with Crippen LogP contribution in [0.15, 0.2) is 24.7 Å². The highest BCUT2D eigenvalue weighted by atomic mass is 16.5. The molecule has 2 aromatic heterocycles. The molecule has 0 radical (unpaired) electrons. The van der Waals surface area contributed by atoms with Crippen LogP contribution in [0.5, 0.6) is 5.75 Å². The quantitative estimate of drug-likeness (QED) is 0.702. The van der Waals surface area contributed by atoms with E-state index in [1.165, 1.54) is 37.7 Å². The number of rotatable bonds is 7. The predicted molar refractivity (Wildman–Crippen MR) is 115 cm³/mol. The molecular formula is C23H29N5O2. The van der Waals surface area contributed by atoms with Crippen LogP contribution in [-0.2, 0) is 6.42 Å². The van der Waals surface area contributed by atoms with Gasteiger partial charge in [0.2, 0.25) is 11.7 Å². The molecule has 0 saturated carbocycles. The first-order chi connectivity index (χ1) is 14.7. The van der Waals surface area contributed by atoms with Gasteiger partial charge in [-0.3, -0.25) is 4.79 Å². The van der Waals surface area contributed by atoms with E-state index in [2.05, 4.69) is 32.1 Å². The van der Waals surface area contributed by atoms with Crippen LogP contribution >= 0.6 is 0 Å². The molecule has 3 aliphatic rings. The zero-order valence-electron chi connectivity index (χ0n) is 17.5. The molecule has 5 heterocycles. The molecule has 5 rings (SSSR count). The van der Waals surface area contributed by atoms with Crippen molar-refractivity contribution >= 4 is 17.5 Å². The van der Waals surface area contributed by atoms with Gasteiger partial charge in [0.25, 0.3) is 0 Å². The molecule has 2 aromatic rings. The monoisotopic (exact) mass is 407 g/mol. The Bertz CT molecular complexity index is 902. The van der Waals surface area contributed by atoms with Gasteiger partial charge in [0.05, 0.1) is 5.56 Å². The minimum atomic E-state index is 0.0109. The Morgan fingerprint density at radius 2 is 1.90 bits per heavy atom. The van der Waals surface area contributed by atoms with Crippen LogP contribution in [0.2, 0.25) is 0 Å². The highest BCUT2D eigenvalue weighted by molar-refractivity contribution is 6.02. The fourth-order valence-corrected chi connectivity index (χ4v) is 5.21. The molecule has 0 aliphatic carbocycles. The smallest absolute Gasteiger partial charge is 0.225 e. The SMILES string of the molecule is CCc1cnc(N2[C@@H]3CC[C@H]2CC(CCCNc2cc4c(cn2)C(=O)CO4)C3)nc1. The first kappa shape index (κ1) is 19.3. The summed E-state index contributed by atoms with van der Waals surface area (Å²) < 4.78 is 5.40. The van der Waals surface area contributed by atoms with Crippen molar-refractivity contribution in [2.45, 2.75) is 64.0 Å². The standard InChI is InChI=1S/C23H29N5O2/c1-2-15-11-26-23(27-12-15)28-17-5-6-18(28)9-16(8-17)4-3-7-24-22-10-21-19(13-25-22)20(29)14-30-21/h10-13,16-18H,2-9,14H2,1H3,(H,24,25)/t16?,17-,18+. The summed E-state index contributed by atoms with van der Waals surface area (Å²) >= 11 is 0. The van der Waals surface area contributed by atoms with E-state index in [9.17, 15) is 4.79 Å². The highest BCUT2D eigenvalue weighted by Gasteiger charge is 2.41. The number of nitrogens with zero attached hydrogens (tertiary/aromatic N) is 4. The number of fused-ring (bicyclic) bond motifs is 3. The number of hydrogen-bond acceptors (Lipinski definition) is 7. The summed E-state index contributed by atoms with van der Waals surface area (Å²) in [4.78, 5) is 27.7. The van der Waals surface area contributed by atoms with Crippen molar-refractivity contribution in [2.24, 2.45) is 5.92 Å². The van der Waals surface area contributed by atoms with Crippen LogP contribution < -0.4 is 15.0 Å². The van der Waals surface area contributed by atoms with Gasteiger partial charge in [0, 0.05) is 43.3 Å². The second kappa shape index (κ2) is 8.20.